The third kappa shape index (κ3) is 2.67. The molecule has 3 N–H and O–H groups in total. The van der Waals surface area contributed by atoms with Crippen LogP contribution in [0.5, 0.6) is 0 Å². The summed E-state index contributed by atoms with van der Waals surface area (Å²) in [7, 11) is 0. The van der Waals surface area contributed by atoms with Crippen molar-refractivity contribution in [1.82, 2.24) is 10.2 Å². The molecule has 0 bridgehead atoms. The normalized spacial score (nSPS) is 26.8. The van der Waals surface area contributed by atoms with E-state index in [4.69, 9.17) is 0 Å². The van der Waals surface area contributed by atoms with E-state index in [1.807, 2.05) is 0 Å². The fraction of sp³-hybridized carbons (Fsp3) is 0.312. The molecule has 4 atom stereocenters. The fourth-order valence-electron chi connectivity index (χ4n) is 2.83. The number of fused-ring (bicyclic) bond motifs is 1. The average molecular weight is 348 g/mol. The van der Waals surface area contributed by atoms with Gasteiger partial charge in [-0.05, 0) is 23.5 Å². The minimum Gasteiger partial charge on any atom is -0.479 e. The first-order chi connectivity index (χ1) is 11.4. The van der Waals surface area contributed by atoms with Gasteiger partial charge in [0, 0.05) is 0 Å². The van der Waals surface area contributed by atoms with Gasteiger partial charge in [-0.15, -0.1) is 11.8 Å². The molecule has 0 aliphatic carbocycles. The van der Waals surface area contributed by atoms with Crippen molar-refractivity contribution in [2.24, 2.45) is 0 Å². The molecule has 1 fully saturated rings. The van der Waals surface area contributed by atoms with Crippen LogP contribution in [0.2, 0.25) is 0 Å². The van der Waals surface area contributed by atoms with E-state index in [1.165, 1.54) is 16.7 Å². The van der Waals surface area contributed by atoms with Gasteiger partial charge in [-0.1, -0.05) is 30.3 Å². The van der Waals surface area contributed by atoms with Crippen LogP contribution in [0.25, 0.3) is 0 Å². The van der Waals surface area contributed by atoms with E-state index in [0.29, 0.717) is 11.1 Å². The van der Waals surface area contributed by atoms with E-state index in [1.54, 1.807) is 42.7 Å². The highest BCUT2D eigenvalue weighted by molar-refractivity contribution is 8.02. The second-order valence-corrected chi connectivity index (χ2v) is 6.67. The quantitative estimate of drug-likeness (QED) is 0.683. The molecule has 1 saturated heterocycles. The van der Waals surface area contributed by atoms with Crippen LogP contribution in [0, 0.1) is 0 Å². The highest BCUT2D eigenvalue weighted by atomic mass is 32.2. The maximum atomic E-state index is 12.3. The second kappa shape index (κ2) is 6.29. The summed E-state index contributed by atoms with van der Waals surface area (Å²) in [6.07, 6.45) is -1.38. The molecule has 0 spiro atoms. The van der Waals surface area contributed by atoms with Crippen molar-refractivity contribution in [2.45, 2.75) is 30.5 Å². The third-order valence-corrected chi connectivity index (χ3v) is 5.36. The Balaban J connectivity index is 1.71. The number of nitrogens with zero attached hydrogens (tertiary/aromatic N) is 1. The van der Waals surface area contributed by atoms with Crippen LogP contribution < -0.4 is 5.32 Å². The Morgan fingerprint density at radius 2 is 1.96 bits per heavy atom. The first kappa shape index (κ1) is 16.5. The standard InChI is InChI=1S/C16H16N2O5S/c1-8-7-24-15-10(14(21)18(15)11(8)16(22)23)17-13(20)12(19)9-5-3-2-4-6-9/h2-7,10-12,15,19H,1H3,(H,17,20)(H,22,23)/t10?,11?,12?,15-/m0/s1. The molecule has 7 nitrogen and oxygen atoms in total. The molecule has 2 aliphatic rings. The van der Waals surface area contributed by atoms with Crippen molar-refractivity contribution in [3.8, 4) is 0 Å². The number of carbonyl (C=O) groups is 3. The molecule has 2 amide bonds. The van der Waals surface area contributed by atoms with Gasteiger partial charge in [0.2, 0.25) is 5.91 Å². The van der Waals surface area contributed by atoms with E-state index in [0.717, 1.165) is 0 Å². The van der Waals surface area contributed by atoms with Crippen LogP contribution in [0.1, 0.15) is 18.6 Å². The Morgan fingerprint density at radius 1 is 1.29 bits per heavy atom. The van der Waals surface area contributed by atoms with Crippen LogP contribution in [-0.4, -0.2) is 50.4 Å². The number of aliphatic hydroxyl groups excluding tert-OH is 1. The summed E-state index contributed by atoms with van der Waals surface area (Å²) >= 11 is 1.29. The molecule has 8 heteroatoms. The predicted octanol–water partition coefficient (Wildman–Crippen LogP) is 0.477. The number of amides is 2. The molecule has 2 aliphatic heterocycles. The number of β-lactam (4-membered cyclic amide) rings is 1. The summed E-state index contributed by atoms with van der Waals surface area (Å²) < 4.78 is 0. The number of aliphatic hydroxyl groups is 1. The lowest BCUT2D eigenvalue weighted by atomic mass is 9.98. The Kier molecular flexibility index (Phi) is 4.33. The largest absolute Gasteiger partial charge is 0.479 e. The number of aliphatic carboxylic acids is 1. The van der Waals surface area contributed by atoms with Gasteiger partial charge in [-0.3, -0.25) is 9.59 Å². The molecular weight excluding hydrogens is 332 g/mol. The molecule has 0 saturated carbocycles. The number of hydrogen-bond donors (Lipinski definition) is 3. The maximum absolute atomic E-state index is 12.3. The van der Waals surface area contributed by atoms with Gasteiger partial charge in [0.05, 0.1) is 0 Å². The summed E-state index contributed by atoms with van der Waals surface area (Å²) in [6, 6.07) is 6.54. The molecule has 24 heavy (non-hydrogen) atoms. The number of carbonyl (C=O) groups excluding carboxylic acids is 2. The zero-order valence-corrected chi connectivity index (χ0v) is 13.6. The molecule has 2 heterocycles. The van der Waals surface area contributed by atoms with Crippen LogP contribution in [0.15, 0.2) is 41.3 Å². The van der Waals surface area contributed by atoms with Crippen molar-refractivity contribution in [2.75, 3.05) is 0 Å². The van der Waals surface area contributed by atoms with Crippen LogP contribution in [0.4, 0.5) is 0 Å². The zero-order valence-electron chi connectivity index (χ0n) is 12.7. The van der Waals surface area contributed by atoms with Crippen molar-refractivity contribution in [3.05, 3.63) is 46.9 Å². The molecule has 0 radical (unpaired) electrons. The van der Waals surface area contributed by atoms with E-state index in [2.05, 4.69) is 5.32 Å². The molecule has 0 aromatic heterocycles. The smallest absolute Gasteiger partial charge is 0.330 e. The lowest BCUT2D eigenvalue weighted by Gasteiger charge is -2.51. The number of benzene rings is 1. The SMILES string of the molecule is CC1=CS[C@H]2C(NC(=O)C(O)c3ccccc3)C(=O)N2C1C(=O)O. The number of hydrogen-bond acceptors (Lipinski definition) is 5. The monoisotopic (exact) mass is 348 g/mol. The van der Waals surface area contributed by atoms with Gasteiger partial charge in [0.25, 0.3) is 5.91 Å². The highest BCUT2D eigenvalue weighted by Gasteiger charge is 2.55. The number of nitrogens with one attached hydrogen (secondary N) is 1. The number of thioether (sulfide) groups is 1. The first-order valence-corrected chi connectivity index (χ1v) is 8.26. The molecule has 1 aromatic carbocycles. The van der Waals surface area contributed by atoms with Gasteiger partial charge < -0.3 is 20.4 Å². The summed E-state index contributed by atoms with van der Waals surface area (Å²) in [4.78, 5) is 37.1. The molecule has 126 valence electrons. The van der Waals surface area contributed by atoms with E-state index < -0.39 is 41.3 Å². The minimum absolute atomic E-state index is 0.425. The summed E-state index contributed by atoms with van der Waals surface area (Å²) in [5, 5.41) is 23.1. The van der Waals surface area contributed by atoms with Gasteiger partial charge in [-0.25, -0.2) is 4.79 Å². The summed E-state index contributed by atoms with van der Waals surface area (Å²) in [5.41, 5.74) is 1.00. The van der Waals surface area contributed by atoms with Gasteiger partial charge in [0.15, 0.2) is 12.1 Å². The number of carboxylic acid groups (broad SMARTS) is 1. The second-order valence-electron chi connectivity index (χ2n) is 5.67. The molecule has 1 aromatic rings. The highest BCUT2D eigenvalue weighted by Crippen LogP contribution is 2.39. The summed E-state index contributed by atoms with van der Waals surface area (Å²) in [5.74, 6) is -2.24. The van der Waals surface area contributed by atoms with Crippen molar-refractivity contribution >= 4 is 29.5 Å². The van der Waals surface area contributed by atoms with Crippen molar-refractivity contribution in [3.63, 3.8) is 0 Å². The number of rotatable bonds is 4. The Labute approximate surface area is 142 Å². The lowest BCUT2D eigenvalue weighted by Crippen LogP contribution is -2.73. The topological polar surface area (TPSA) is 107 Å². The molecular formula is C16H16N2O5S. The van der Waals surface area contributed by atoms with Crippen molar-refractivity contribution in [1.29, 1.82) is 0 Å². The van der Waals surface area contributed by atoms with Gasteiger partial charge >= 0.3 is 5.97 Å². The zero-order chi connectivity index (χ0) is 17.4. The van der Waals surface area contributed by atoms with E-state index in [9.17, 15) is 24.6 Å². The van der Waals surface area contributed by atoms with E-state index >= 15 is 0 Å². The van der Waals surface area contributed by atoms with E-state index in [-0.39, 0.29) is 0 Å². The lowest BCUT2D eigenvalue weighted by molar-refractivity contribution is -0.160. The van der Waals surface area contributed by atoms with Gasteiger partial charge in [-0.2, -0.15) is 0 Å². The number of carboxylic acids is 1. The Bertz CT molecular complexity index is 720. The predicted molar refractivity (Wildman–Crippen MR) is 86.7 cm³/mol. The Morgan fingerprint density at radius 3 is 2.58 bits per heavy atom. The average Bonchev–Trinajstić information content (AvgIpc) is 2.59. The first-order valence-electron chi connectivity index (χ1n) is 7.32. The molecule has 3 unspecified atom stereocenters. The third-order valence-electron chi connectivity index (χ3n) is 4.08. The van der Waals surface area contributed by atoms with Gasteiger partial charge in [0.1, 0.15) is 11.4 Å². The maximum Gasteiger partial charge on any atom is 0.330 e. The Hall–Kier alpha value is -2.32. The van der Waals surface area contributed by atoms with Crippen LogP contribution in [0.3, 0.4) is 0 Å². The fourth-order valence-corrected chi connectivity index (χ4v) is 4.01. The minimum atomic E-state index is -1.38. The van der Waals surface area contributed by atoms with Crippen molar-refractivity contribution < 1.29 is 24.6 Å². The molecule has 3 rings (SSSR count). The van der Waals surface area contributed by atoms with Crippen LogP contribution in [-0.2, 0) is 14.4 Å². The van der Waals surface area contributed by atoms with Crippen LogP contribution >= 0.6 is 11.8 Å². The summed E-state index contributed by atoms with van der Waals surface area (Å²) in [6.45, 7) is 1.65.